The van der Waals surface area contributed by atoms with Gasteiger partial charge in [-0.25, -0.2) is 0 Å². The van der Waals surface area contributed by atoms with Gasteiger partial charge < -0.3 is 9.74 Å². The van der Waals surface area contributed by atoms with Crippen LogP contribution >= 0.6 is 11.3 Å². The fourth-order valence-electron chi connectivity index (χ4n) is 3.03. The first-order chi connectivity index (χ1) is 8.89. The second kappa shape index (κ2) is 6.08. The van der Waals surface area contributed by atoms with Crippen molar-refractivity contribution in [2.45, 2.75) is 45.9 Å². The van der Waals surface area contributed by atoms with Crippen molar-refractivity contribution < 1.29 is 4.43 Å². The number of hydrogen-bond acceptors (Lipinski definition) is 3. The minimum Gasteiger partial charge on any atom is -0.413 e. The smallest absolute Gasteiger partial charge is 0.205 e. The summed E-state index contributed by atoms with van der Waals surface area (Å²) in [7, 11) is -0.669. The Kier molecular flexibility index (Phi) is 4.87. The third-order valence-electron chi connectivity index (χ3n) is 3.84. The van der Waals surface area contributed by atoms with Crippen LogP contribution in [0.1, 0.15) is 32.3 Å². The first-order valence-corrected chi connectivity index (χ1v) is 10.4. The Morgan fingerprint density at radius 3 is 2.63 bits per heavy atom. The van der Waals surface area contributed by atoms with E-state index in [1.165, 1.54) is 5.56 Å². The van der Waals surface area contributed by atoms with Gasteiger partial charge in [0.2, 0.25) is 9.04 Å². The molecule has 0 amide bonds. The highest BCUT2D eigenvalue weighted by Crippen LogP contribution is 2.39. The number of hydrogen-bond donors (Lipinski definition) is 1. The zero-order chi connectivity index (χ0) is 14.0. The number of rotatable bonds is 4. The summed E-state index contributed by atoms with van der Waals surface area (Å²) < 4.78 is 6.39. The van der Waals surface area contributed by atoms with Crippen molar-refractivity contribution in [3.05, 3.63) is 22.4 Å². The summed E-state index contributed by atoms with van der Waals surface area (Å²) in [5.41, 5.74) is 1.69. The van der Waals surface area contributed by atoms with Crippen molar-refractivity contribution in [2.75, 3.05) is 13.1 Å². The maximum absolute atomic E-state index is 6.39. The summed E-state index contributed by atoms with van der Waals surface area (Å²) in [6.45, 7) is 13.6. The van der Waals surface area contributed by atoms with Crippen molar-refractivity contribution in [3.63, 3.8) is 0 Å². The summed E-state index contributed by atoms with van der Waals surface area (Å²) in [4.78, 5) is 0. The van der Waals surface area contributed by atoms with Crippen molar-refractivity contribution in [2.24, 2.45) is 11.3 Å². The summed E-state index contributed by atoms with van der Waals surface area (Å²) in [5.74, 6) is 1.20. The van der Waals surface area contributed by atoms with Gasteiger partial charge in [-0.05, 0) is 40.9 Å². The van der Waals surface area contributed by atoms with Crippen LogP contribution in [0.25, 0.3) is 0 Å². The van der Waals surface area contributed by atoms with E-state index in [0.717, 1.165) is 13.1 Å². The van der Waals surface area contributed by atoms with Crippen LogP contribution in [0.15, 0.2) is 16.8 Å². The molecule has 0 saturated carbocycles. The van der Waals surface area contributed by atoms with Crippen LogP contribution in [0.4, 0.5) is 0 Å². The van der Waals surface area contributed by atoms with E-state index >= 15 is 0 Å². The van der Waals surface area contributed by atoms with Crippen LogP contribution in [0.5, 0.6) is 0 Å². The predicted octanol–water partition coefficient (Wildman–Crippen LogP) is 3.73. The first kappa shape index (κ1) is 15.2. The molecule has 1 radical (unpaired) electrons. The zero-order valence-electron chi connectivity index (χ0n) is 12.7. The van der Waals surface area contributed by atoms with E-state index in [1.54, 1.807) is 11.3 Å². The predicted molar refractivity (Wildman–Crippen MR) is 85.2 cm³/mol. The molecule has 4 heteroatoms. The Bertz CT molecular complexity index is 385. The molecule has 1 aliphatic rings. The van der Waals surface area contributed by atoms with Crippen LogP contribution in [-0.4, -0.2) is 28.2 Å². The Balaban J connectivity index is 2.20. The highest BCUT2D eigenvalue weighted by molar-refractivity contribution is 7.08. The fourth-order valence-corrected chi connectivity index (χ4v) is 4.79. The molecule has 3 atom stereocenters. The molecule has 0 spiro atoms. The molecular formula is C15H26NOSSi. The van der Waals surface area contributed by atoms with Gasteiger partial charge in [0.15, 0.2) is 0 Å². The molecule has 1 saturated heterocycles. The fraction of sp³-hybridized carbons (Fsp3) is 0.733. The molecule has 2 heterocycles. The summed E-state index contributed by atoms with van der Waals surface area (Å²) in [5, 5.41) is 8.06. The summed E-state index contributed by atoms with van der Waals surface area (Å²) >= 11 is 1.80. The molecule has 107 valence electrons. The van der Waals surface area contributed by atoms with Gasteiger partial charge in [0.05, 0.1) is 6.10 Å². The van der Waals surface area contributed by atoms with Gasteiger partial charge in [0.25, 0.3) is 0 Å². The Hall–Kier alpha value is -0.163. The van der Waals surface area contributed by atoms with Crippen LogP contribution in [0.3, 0.4) is 0 Å². The molecule has 1 unspecified atom stereocenters. The molecule has 1 aromatic rings. The molecule has 0 bridgehead atoms. The quantitative estimate of drug-likeness (QED) is 0.855. The average Bonchev–Trinajstić information content (AvgIpc) is 2.94. The van der Waals surface area contributed by atoms with E-state index in [1.807, 2.05) is 0 Å². The standard InChI is InChI=1S/C15H26NOSSi/c1-15(2,3)14(17-19(4)5)13-9-16-8-12(13)11-6-7-18-10-11/h6-7,10,12-14,16H,8-9H2,1-5H3/t12-,13-,14?/m1/s1. The third-order valence-corrected chi connectivity index (χ3v) is 5.26. The molecule has 19 heavy (non-hydrogen) atoms. The molecule has 1 N–H and O–H groups in total. The Morgan fingerprint density at radius 1 is 1.37 bits per heavy atom. The van der Waals surface area contributed by atoms with Gasteiger partial charge in [-0.15, -0.1) is 0 Å². The minimum atomic E-state index is -0.669. The van der Waals surface area contributed by atoms with Crippen molar-refractivity contribution in [3.8, 4) is 0 Å². The van der Waals surface area contributed by atoms with Gasteiger partial charge in [0.1, 0.15) is 0 Å². The van der Waals surface area contributed by atoms with Gasteiger partial charge in [0, 0.05) is 24.9 Å². The first-order valence-electron chi connectivity index (χ1n) is 7.09. The molecule has 0 aromatic carbocycles. The topological polar surface area (TPSA) is 21.3 Å². The van der Waals surface area contributed by atoms with Crippen molar-refractivity contribution in [1.29, 1.82) is 0 Å². The zero-order valence-corrected chi connectivity index (χ0v) is 14.5. The Labute approximate surface area is 123 Å². The van der Waals surface area contributed by atoms with E-state index in [-0.39, 0.29) is 5.41 Å². The lowest BCUT2D eigenvalue weighted by Crippen LogP contribution is -2.42. The van der Waals surface area contributed by atoms with Crippen LogP contribution in [0, 0.1) is 11.3 Å². The summed E-state index contributed by atoms with van der Waals surface area (Å²) in [6.07, 6.45) is 0.344. The monoisotopic (exact) mass is 296 g/mol. The highest BCUT2D eigenvalue weighted by Gasteiger charge is 2.41. The van der Waals surface area contributed by atoms with Crippen LogP contribution in [0.2, 0.25) is 13.1 Å². The van der Waals surface area contributed by atoms with E-state index in [2.05, 4.69) is 56.0 Å². The largest absolute Gasteiger partial charge is 0.413 e. The number of nitrogens with one attached hydrogen (secondary N) is 1. The molecular weight excluding hydrogens is 270 g/mol. The molecule has 2 rings (SSSR count). The molecule has 1 fully saturated rings. The lowest BCUT2D eigenvalue weighted by Gasteiger charge is -2.39. The summed E-state index contributed by atoms with van der Waals surface area (Å²) in [6, 6.07) is 2.28. The molecule has 2 nitrogen and oxygen atoms in total. The van der Waals surface area contributed by atoms with Gasteiger partial charge in [-0.1, -0.05) is 20.8 Å². The second-order valence-electron chi connectivity index (χ2n) is 6.80. The lowest BCUT2D eigenvalue weighted by atomic mass is 9.75. The lowest BCUT2D eigenvalue weighted by molar-refractivity contribution is 0.0340. The van der Waals surface area contributed by atoms with Crippen LogP contribution < -0.4 is 5.32 Å². The maximum atomic E-state index is 6.39. The highest BCUT2D eigenvalue weighted by atomic mass is 32.1. The molecule has 0 aliphatic carbocycles. The Morgan fingerprint density at radius 2 is 2.11 bits per heavy atom. The van der Waals surface area contributed by atoms with Gasteiger partial charge in [-0.2, -0.15) is 11.3 Å². The minimum absolute atomic E-state index is 0.201. The maximum Gasteiger partial charge on any atom is 0.205 e. The van der Waals surface area contributed by atoms with E-state index in [4.69, 9.17) is 4.43 Å². The molecule has 1 aliphatic heterocycles. The van der Waals surface area contributed by atoms with E-state index < -0.39 is 9.04 Å². The van der Waals surface area contributed by atoms with Gasteiger partial charge >= 0.3 is 0 Å². The van der Waals surface area contributed by atoms with Crippen molar-refractivity contribution >= 4 is 20.4 Å². The number of thiophene rings is 1. The van der Waals surface area contributed by atoms with Gasteiger partial charge in [-0.3, -0.25) is 0 Å². The normalized spacial score (nSPS) is 26.0. The van der Waals surface area contributed by atoms with E-state index in [9.17, 15) is 0 Å². The van der Waals surface area contributed by atoms with E-state index in [0.29, 0.717) is 17.9 Å². The third kappa shape index (κ3) is 3.69. The average molecular weight is 297 g/mol. The SMILES string of the molecule is C[Si](C)OC([C@@H]1CNC[C@@H]1c1ccsc1)C(C)(C)C. The van der Waals surface area contributed by atoms with Crippen LogP contribution in [-0.2, 0) is 4.43 Å². The molecule has 1 aromatic heterocycles. The van der Waals surface area contributed by atoms with Crippen molar-refractivity contribution in [1.82, 2.24) is 5.32 Å². The second-order valence-corrected chi connectivity index (χ2v) is 9.63.